The van der Waals surface area contributed by atoms with E-state index in [9.17, 15) is 4.79 Å². The van der Waals surface area contributed by atoms with Gasteiger partial charge in [0.1, 0.15) is 5.75 Å². The van der Waals surface area contributed by atoms with E-state index in [-0.39, 0.29) is 5.91 Å². The molecule has 1 saturated heterocycles. The fourth-order valence-electron chi connectivity index (χ4n) is 3.63. The minimum absolute atomic E-state index is 0.0385. The van der Waals surface area contributed by atoms with Crippen LogP contribution in [0.25, 0.3) is 0 Å². The van der Waals surface area contributed by atoms with Gasteiger partial charge in [0.05, 0.1) is 24.4 Å². The highest BCUT2D eigenvalue weighted by atomic mass is 35.5. The van der Waals surface area contributed by atoms with Gasteiger partial charge in [0.15, 0.2) is 0 Å². The molecule has 0 saturated carbocycles. The Labute approximate surface area is 175 Å². The number of rotatable bonds is 5. The maximum Gasteiger partial charge on any atom is 0.246 e. The Morgan fingerprint density at radius 3 is 2.55 bits per heavy atom. The largest absolute Gasteiger partial charge is 0.497 e. The second kappa shape index (κ2) is 8.53. The summed E-state index contributed by atoms with van der Waals surface area (Å²) in [5, 5.41) is 0.596. The van der Waals surface area contributed by atoms with Crippen LogP contribution in [0.3, 0.4) is 0 Å². The van der Waals surface area contributed by atoms with Crippen LogP contribution in [0.4, 0.5) is 11.4 Å². The van der Waals surface area contributed by atoms with Gasteiger partial charge in [-0.2, -0.15) is 0 Å². The van der Waals surface area contributed by atoms with Crippen LogP contribution in [0.15, 0.2) is 67.0 Å². The molecule has 0 spiro atoms. The molecule has 4 rings (SSSR count). The lowest BCUT2D eigenvalue weighted by Crippen LogP contribution is -2.51. The van der Waals surface area contributed by atoms with Crippen molar-refractivity contribution in [3.8, 4) is 5.75 Å². The molecule has 5 nitrogen and oxygen atoms in total. The number of anilines is 2. The van der Waals surface area contributed by atoms with E-state index in [0.29, 0.717) is 18.1 Å². The molecule has 148 valence electrons. The zero-order valence-electron chi connectivity index (χ0n) is 16.2. The summed E-state index contributed by atoms with van der Waals surface area (Å²) in [6.45, 7) is 1.63. The average Bonchev–Trinajstić information content (AvgIpc) is 2.75. The molecule has 1 aliphatic rings. The number of amides is 1. The van der Waals surface area contributed by atoms with Gasteiger partial charge in [-0.3, -0.25) is 9.78 Å². The van der Waals surface area contributed by atoms with Crippen LogP contribution in [0, 0.1) is 0 Å². The van der Waals surface area contributed by atoms with E-state index in [1.54, 1.807) is 18.2 Å². The molecule has 2 heterocycles. The van der Waals surface area contributed by atoms with Gasteiger partial charge < -0.3 is 14.5 Å². The van der Waals surface area contributed by atoms with Crippen LogP contribution in [0.5, 0.6) is 5.75 Å². The van der Waals surface area contributed by atoms with Crippen molar-refractivity contribution >= 4 is 28.9 Å². The fraction of sp³-hybridized carbons (Fsp3) is 0.217. The van der Waals surface area contributed by atoms with Crippen molar-refractivity contribution in [1.82, 2.24) is 4.98 Å². The Morgan fingerprint density at radius 1 is 1.03 bits per heavy atom. The number of hydrogen-bond donors (Lipinski definition) is 0. The molecule has 0 unspecified atom stereocenters. The quantitative estimate of drug-likeness (QED) is 0.636. The molecule has 6 heteroatoms. The lowest BCUT2D eigenvalue weighted by Gasteiger charge is -2.36. The lowest BCUT2D eigenvalue weighted by molar-refractivity contribution is -0.117. The van der Waals surface area contributed by atoms with Crippen molar-refractivity contribution in [1.29, 1.82) is 0 Å². The highest BCUT2D eigenvalue weighted by molar-refractivity contribution is 6.33. The molecule has 1 aliphatic heterocycles. The number of hydrogen-bond acceptors (Lipinski definition) is 4. The summed E-state index contributed by atoms with van der Waals surface area (Å²) in [4.78, 5) is 21.1. The number of benzene rings is 2. The zero-order valence-corrected chi connectivity index (χ0v) is 17.0. The third-order valence-corrected chi connectivity index (χ3v) is 5.46. The third-order valence-electron chi connectivity index (χ3n) is 5.14. The number of nitrogens with zero attached hydrogens (tertiary/aromatic N) is 3. The molecule has 0 bridgehead atoms. The maximum absolute atomic E-state index is 12.9. The summed E-state index contributed by atoms with van der Waals surface area (Å²) in [5.74, 6) is 0.873. The second-order valence-corrected chi connectivity index (χ2v) is 7.35. The molecule has 0 aliphatic carbocycles. The lowest BCUT2D eigenvalue weighted by atomic mass is 10.0. The SMILES string of the molecule is COc1ccc(Cc2cnccc2N2CCN(c3ccccc3Cl)C(=O)C2)cc1. The highest BCUT2D eigenvalue weighted by Gasteiger charge is 2.27. The number of ether oxygens (including phenoxy) is 1. The molecule has 0 radical (unpaired) electrons. The van der Waals surface area contributed by atoms with Crippen molar-refractivity contribution < 1.29 is 9.53 Å². The second-order valence-electron chi connectivity index (χ2n) is 6.95. The van der Waals surface area contributed by atoms with Crippen LogP contribution in [-0.4, -0.2) is 37.6 Å². The van der Waals surface area contributed by atoms with Crippen LogP contribution < -0.4 is 14.5 Å². The van der Waals surface area contributed by atoms with E-state index in [0.717, 1.165) is 35.7 Å². The van der Waals surface area contributed by atoms with E-state index in [1.807, 2.05) is 48.7 Å². The van der Waals surface area contributed by atoms with E-state index >= 15 is 0 Å². The fourth-order valence-corrected chi connectivity index (χ4v) is 3.87. The Kier molecular flexibility index (Phi) is 5.67. The van der Waals surface area contributed by atoms with Crippen LogP contribution in [-0.2, 0) is 11.2 Å². The minimum Gasteiger partial charge on any atom is -0.497 e. The van der Waals surface area contributed by atoms with E-state index in [1.165, 1.54) is 5.56 Å². The smallest absolute Gasteiger partial charge is 0.246 e. The van der Waals surface area contributed by atoms with Gasteiger partial charge in [-0.05, 0) is 41.5 Å². The van der Waals surface area contributed by atoms with Gasteiger partial charge in [0.25, 0.3) is 0 Å². The predicted octanol–water partition coefficient (Wildman–Crippen LogP) is 4.19. The molecule has 0 atom stereocenters. The predicted molar refractivity (Wildman–Crippen MR) is 116 cm³/mol. The zero-order chi connectivity index (χ0) is 20.2. The summed E-state index contributed by atoms with van der Waals surface area (Å²) in [6, 6.07) is 17.5. The van der Waals surface area contributed by atoms with Crippen molar-refractivity contribution in [3.05, 3.63) is 83.1 Å². The summed E-state index contributed by atoms with van der Waals surface area (Å²) in [7, 11) is 1.66. The Morgan fingerprint density at radius 2 is 1.83 bits per heavy atom. The summed E-state index contributed by atoms with van der Waals surface area (Å²) < 4.78 is 5.23. The number of aromatic nitrogens is 1. The molecular weight excluding hydrogens is 386 g/mol. The van der Waals surface area contributed by atoms with Crippen molar-refractivity contribution in [2.75, 3.05) is 36.5 Å². The van der Waals surface area contributed by atoms with Crippen LogP contribution in [0.2, 0.25) is 5.02 Å². The van der Waals surface area contributed by atoms with Gasteiger partial charge >= 0.3 is 0 Å². The number of carbonyl (C=O) groups is 1. The number of methoxy groups -OCH3 is 1. The van der Waals surface area contributed by atoms with Gasteiger partial charge in [-0.15, -0.1) is 0 Å². The molecular formula is C23H22ClN3O2. The Balaban J connectivity index is 1.52. The van der Waals surface area contributed by atoms with Gasteiger partial charge in [-0.1, -0.05) is 35.9 Å². The standard InChI is InChI=1S/C23H22ClN3O2/c1-29-19-8-6-17(7-9-19)14-18-15-25-11-10-21(18)26-12-13-27(23(28)16-26)22-5-3-2-4-20(22)24/h2-11,15H,12-14,16H2,1H3. The first-order valence-electron chi connectivity index (χ1n) is 9.51. The topological polar surface area (TPSA) is 45.7 Å². The molecule has 1 fully saturated rings. The number of halogens is 1. The summed E-state index contributed by atoms with van der Waals surface area (Å²) in [6.07, 6.45) is 4.40. The molecule has 3 aromatic rings. The number of pyridine rings is 1. The van der Waals surface area contributed by atoms with Crippen LogP contribution >= 0.6 is 11.6 Å². The molecule has 0 N–H and O–H groups in total. The highest BCUT2D eigenvalue weighted by Crippen LogP contribution is 2.29. The third kappa shape index (κ3) is 4.20. The number of para-hydroxylation sites is 1. The molecule has 1 amide bonds. The number of piperazine rings is 1. The van der Waals surface area contributed by atoms with Crippen molar-refractivity contribution in [3.63, 3.8) is 0 Å². The Hall–Kier alpha value is -3.05. The normalized spacial score (nSPS) is 14.2. The first-order valence-corrected chi connectivity index (χ1v) is 9.89. The van der Waals surface area contributed by atoms with Gasteiger partial charge in [0.2, 0.25) is 5.91 Å². The Bertz CT molecular complexity index is 1010. The van der Waals surface area contributed by atoms with Gasteiger partial charge in [-0.25, -0.2) is 0 Å². The average molecular weight is 408 g/mol. The van der Waals surface area contributed by atoms with Gasteiger partial charge in [0, 0.05) is 37.6 Å². The summed E-state index contributed by atoms with van der Waals surface area (Å²) >= 11 is 6.29. The van der Waals surface area contributed by atoms with Crippen molar-refractivity contribution in [2.45, 2.75) is 6.42 Å². The minimum atomic E-state index is 0.0385. The summed E-state index contributed by atoms with van der Waals surface area (Å²) in [5.41, 5.74) is 4.08. The van der Waals surface area contributed by atoms with E-state index < -0.39 is 0 Å². The number of carbonyl (C=O) groups excluding carboxylic acids is 1. The molecule has 2 aromatic carbocycles. The van der Waals surface area contributed by atoms with E-state index in [2.05, 4.69) is 22.0 Å². The molecule has 1 aromatic heterocycles. The first-order chi connectivity index (χ1) is 14.2. The van der Waals surface area contributed by atoms with Crippen molar-refractivity contribution in [2.24, 2.45) is 0 Å². The van der Waals surface area contributed by atoms with Crippen LogP contribution in [0.1, 0.15) is 11.1 Å². The van der Waals surface area contributed by atoms with E-state index in [4.69, 9.17) is 16.3 Å². The maximum atomic E-state index is 12.9. The monoisotopic (exact) mass is 407 g/mol. The first kappa shape index (κ1) is 19.3. The molecule has 29 heavy (non-hydrogen) atoms.